The van der Waals surface area contributed by atoms with E-state index in [4.69, 9.17) is 5.26 Å². The Balaban J connectivity index is 2.59. The van der Waals surface area contributed by atoms with Crippen molar-refractivity contribution in [1.82, 2.24) is 4.90 Å². The van der Waals surface area contributed by atoms with Crippen molar-refractivity contribution in [2.45, 2.75) is 13.8 Å². The molecule has 0 unspecified atom stereocenters. The summed E-state index contributed by atoms with van der Waals surface area (Å²) in [6.07, 6.45) is 1.72. The van der Waals surface area contributed by atoms with Gasteiger partial charge in [-0.25, -0.2) is 0 Å². The van der Waals surface area contributed by atoms with Crippen LogP contribution in [0.3, 0.4) is 0 Å². The second-order valence-electron chi connectivity index (χ2n) is 4.17. The molecule has 0 radical (unpaired) electrons. The third-order valence-electron chi connectivity index (χ3n) is 3.02. The van der Waals surface area contributed by atoms with Crippen molar-refractivity contribution in [3.8, 4) is 6.07 Å². The number of amides is 2. The summed E-state index contributed by atoms with van der Waals surface area (Å²) in [6.45, 7) is 3.60. The molecule has 2 rings (SSSR count). The quantitative estimate of drug-likeness (QED) is 0.608. The van der Waals surface area contributed by atoms with E-state index >= 15 is 0 Å². The largest absolute Gasteiger partial charge is 0.274 e. The van der Waals surface area contributed by atoms with E-state index in [1.54, 1.807) is 19.9 Å². The van der Waals surface area contributed by atoms with E-state index in [1.807, 2.05) is 18.2 Å². The van der Waals surface area contributed by atoms with Gasteiger partial charge in [-0.2, -0.15) is 5.26 Å². The molecule has 0 bridgehead atoms. The fraction of sp³-hybridized carbons (Fsp3) is 0.214. The van der Waals surface area contributed by atoms with Gasteiger partial charge in [0.15, 0.2) is 0 Å². The Hall–Kier alpha value is -1.71. The van der Waals surface area contributed by atoms with Gasteiger partial charge < -0.3 is 0 Å². The molecular weight excluding hydrogens is 340 g/mol. The van der Waals surface area contributed by atoms with Crippen LogP contribution in [-0.2, 0) is 9.59 Å². The number of carbonyl (C=O) groups excluding carboxylic acids is 2. The van der Waals surface area contributed by atoms with Crippen molar-refractivity contribution >= 4 is 45.2 Å². The monoisotopic (exact) mass is 350 g/mol. The van der Waals surface area contributed by atoms with Crippen molar-refractivity contribution in [3.63, 3.8) is 0 Å². The molecule has 0 saturated heterocycles. The number of likely N-dealkylation sites (N-methyl/N-ethyl adjacent to an activating group) is 1. The Kier molecular flexibility index (Phi) is 4.21. The van der Waals surface area contributed by atoms with Gasteiger partial charge in [-0.05, 0) is 53.6 Å². The Bertz CT molecular complexity index is 694. The molecule has 0 spiro atoms. The van der Waals surface area contributed by atoms with Crippen molar-refractivity contribution in [2.75, 3.05) is 6.54 Å². The van der Waals surface area contributed by atoms with Gasteiger partial charge in [0.2, 0.25) is 0 Å². The van der Waals surface area contributed by atoms with E-state index in [0.717, 1.165) is 13.6 Å². The second-order valence-corrected chi connectivity index (χ2v) is 6.66. The highest BCUT2D eigenvalue weighted by Gasteiger charge is 2.34. The van der Waals surface area contributed by atoms with Crippen LogP contribution in [0, 0.1) is 11.3 Å². The lowest BCUT2D eigenvalue weighted by molar-refractivity contribution is -0.140. The number of hydrogen-bond acceptors (Lipinski definition) is 4. The van der Waals surface area contributed by atoms with Crippen LogP contribution >= 0.6 is 27.3 Å². The van der Waals surface area contributed by atoms with Crippen LogP contribution in [0.25, 0.3) is 6.08 Å². The number of nitrogens with zero attached hydrogens (tertiary/aromatic N) is 2. The zero-order valence-corrected chi connectivity index (χ0v) is 13.3. The lowest BCUT2D eigenvalue weighted by Crippen LogP contribution is -2.42. The van der Waals surface area contributed by atoms with Gasteiger partial charge in [0, 0.05) is 17.0 Å². The van der Waals surface area contributed by atoms with Crippen molar-refractivity contribution in [1.29, 1.82) is 5.26 Å². The molecule has 2 amide bonds. The highest BCUT2D eigenvalue weighted by atomic mass is 79.9. The third kappa shape index (κ3) is 2.47. The van der Waals surface area contributed by atoms with E-state index in [1.165, 1.54) is 11.3 Å². The highest BCUT2D eigenvalue weighted by molar-refractivity contribution is 9.11. The van der Waals surface area contributed by atoms with E-state index in [0.29, 0.717) is 11.1 Å². The van der Waals surface area contributed by atoms with Gasteiger partial charge in [0.05, 0.1) is 3.79 Å². The standard InChI is InChI=1S/C14H11BrN2O2S/c1-3-17-13(18)10(6-9-4-5-12(15)20-9)8(2)11(7-16)14(17)19/h4-6H,3H2,1-2H3/b10-6+. The van der Waals surface area contributed by atoms with E-state index in [9.17, 15) is 9.59 Å². The number of imide groups is 1. The average molecular weight is 351 g/mol. The molecule has 20 heavy (non-hydrogen) atoms. The summed E-state index contributed by atoms with van der Waals surface area (Å²) in [4.78, 5) is 26.3. The summed E-state index contributed by atoms with van der Waals surface area (Å²) in [5, 5.41) is 9.12. The van der Waals surface area contributed by atoms with Gasteiger partial charge in [-0.15, -0.1) is 11.3 Å². The van der Waals surface area contributed by atoms with Crippen LogP contribution in [0.5, 0.6) is 0 Å². The SMILES string of the molecule is CCN1C(=O)C(C#N)=C(C)/C(=C\c2ccc(Br)s2)C1=O. The smallest absolute Gasteiger partial charge is 0.271 e. The van der Waals surface area contributed by atoms with Crippen molar-refractivity contribution < 1.29 is 9.59 Å². The maximum absolute atomic E-state index is 12.3. The van der Waals surface area contributed by atoms with Crippen LogP contribution in [0.15, 0.2) is 32.6 Å². The molecule has 4 nitrogen and oxygen atoms in total. The molecule has 2 heterocycles. The lowest BCUT2D eigenvalue weighted by atomic mass is 9.95. The molecule has 102 valence electrons. The minimum atomic E-state index is -0.512. The topological polar surface area (TPSA) is 61.2 Å². The van der Waals surface area contributed by atoms with E-state index < -0.39 is 5.91 Å². The van der Waals surface area contributed by atoms with E-state index in [2.05, 4.69) is 15.9 Å². The third-order valence-corrected chi connectivity index (χ3v) is 4.59. The first kappa shape index (κ1) is 14.7. The van der Waals surface area contributed by atoms with Gasteiger partial charge in [-0.3, -0.25) is 14.5 Å². The second kappa shape index (κ2) is 5.73. The molecule has 6 heteroatoms. The first-order valence-corrected chi connectivity index (χ1v) is 7.55. The van der Waals surface area contributed by atoms with Gasteiger partial charge >= 0.3 is 0 Å². The molecule has 1 aliphatic rings. The van der Waals surface area contributed by atoms with Crippen LogP contribution in [-0.4, -0.2) is 23.3 Å². The molecule has 1 aliphatic heterocycles. The number of carbonyl (C=O) groups is 2. The van der Waals surface area contributed by atoms with Gasteiger partial charge in [-0.1, -0.05) is 0 Å². The lowest BCUT2D eigenvalue weighted by Gasteiger charge is -2.26. The van der Waals surface area contributed by atoms with E-state index in [-0.39, 0.29) is 18.0 Å². The molecule has 0 N–H and O–H groups in total. The first-order chi connectivity index (χ1) is 9.49. The van der Waals surface area contributed by atoms with Crippen LogP contribution in [0.4, 0.5) is 0 Å². The minimum Gasteiger partial charge on any atom is -0.274 e. The summed E-state index contributed by atoms with van der Waals surface area (Å²) >= 11 is 4.85. The molecule has 0 aliphatic carbocycles. The fourth-order valence-electron chi connectivity index (χ4n) is 1.97. The number of nitriles is 1. The normalized spacial score (nSPS) is 17.9. The highest BCUT2D eigenvalue weighted by Crippen LogP contribution is 2.30. The zero-order chi connectivity index (χ0) is 14.9. The number of halogens is 1. The summed E-state index contributed by atoms with van der Waals surface area (Å²) < 4.78 is 0.957. The average Bonchev–Trinajstić information content (AvgIpc) is 2.81. The zero-order valence-electron chi connectivity index (χ0n) is 10.9. The molecule has 0 saturated carbocycles. The predicted octanol–water partition coefficient (Wildman–Crippen LogP) is 3.12. The van der Waals surface area contributed by atoms with Gasteiger partial charge in [0.25, 0.3) is 11.8 Å². The van der Waals surface area contributed by atoms with Crippen molar-refractivity contribution in [3.05, 3.63) is 37.5 Å². The molecule has 0 aromatic carbocycles. The maximum Gasteiger partial charge on any atom is 0.271 e. The summed E-state index contributed by atoms with van der Waals surface area (Å²) in [7, 11) is 0. The molecule has 1 aromatic rings. The Morgan fingerprint density at radius 1 is 1.40 bits per heavy atom. The fourth-order valence-corrected chi connectivity index (χ4v) is 3.33. The minimum absolute atomic E-state index is 0.0355. The first-order valence-electron chi connectivity index (χ1n) is 5.94. The molecular formula is C14H11BrN2O2S. The summed E-state index contributed by atoms with van der Waals surface area (Å²) in [6, 6.07) is 5.66. The van der Waals surface area contributed by atoms with Crippen molar-refractivity contribution in [2.24, 2.45) is 0 Å². The molecule has 1 aromatic heterocycles. The van der Waals surface area contributed by atoms with Crippen LogP contribution in [0.1, 0.15) is 18.7 Å². The summed E-state index contributed by atoms with van der Waals surface area (Å²) in [5.41, 5.74) is 0.877. The summed E-state index contributed by atoms with van der Waals surface area (Å²) in [5.74, 6) is -0.861. The number of thiophene rings is 1. The molecule has 0 atom stereocenters. The number of rotatable bonds is 2. The molecule has 0 fully saturated rings. The van der Waals surface area contributed by atoms with Crippen LogP contribution in [0.2, 0.25) is 0 Å². The number of hydrogen-bond donors (Lipinski definition) is 0. The maximum atomic E-state index is 12.3. The predicted molar refractivity (Wildman–Crippen MR) is 80.7 cm³/mol. The van der Waals surface area contributed by atoms with Crippen LogP contribution < -0.4 is 0 Å². The Morgan fingerprint density at radius 2 is 2.10 bits per heavy atom. The van der Waals surface area contributed by atoms with Gasteiger partial charge in [0.1, 0.15) is 11.6 Å². The Morgan fingerprint density at radius 3 is 2.60 bits per heavy atom. The Labute approximate surface area is 129 Å².